The Balaban J connectivity index is 1.68. The fourth-order valence-electron chi connectivity index (χ4n) is 3.17. The number of phenols is 1. The van der Waals surface area contributed by atoms with Crippen LogP contribution in [-0.4, -0.2) is 17.0 Å². The van der Waals surface area contributed by atoms with Crippen LogP contribution < -0.4 is 10.2 Å². The van der Waals surface area contributed by atoms with Crippen LogP contribution in [0.5, 0.6) is 11.5 Å². The van der Waals surface area contributed by atoms with Crippen molar-refractivity contribution in [3.8, 4) is 22.8 Å². The first-order valence-corrected chi connectivity index (χ1v) is 10.9. The fourth-order valence-corrected chi connectivity index (χ4v) is 3.56. The zero-order valence-electron chi connectivity index (χ0n) is 15.8. The number of fused-ring (bicyclic) bond motifs is 1. The monoisotopic (exact) mass is 444 g/mol. The Morgan fingerprint density at radius 1 is 0.929 bits per heavy atom. The largest absolute Gasteiger partial charge is 0.507 e. The van der Waals surface area contributed by atoms with Crippen molar-refractivity contribution in [2.75, 3.05) is 11.9 Å². The normalized spacial score (nSPS) is 11.0. The number of benzene rings is 2. The predicted molar refractivity (Wildman–Crippen MR) is 117 cm³/mol. The SMILES string of the molecule is O=c1cc(-c2ccccc2)oc2cc(OCCCCCCCCBr)cc(O)c12. The van der Waals surface area contributed by atoms with E-state index in [1.54, 1.807) is 6.07 Å². The quantitative estimate of drug-likeness (QED) is 0.295. The van der Waals surface area contributed by atoms with E-state index in [0.717, 1.165) is 23.7 Å². The zero-order valence-corrected chi connectivity index (χ0v) is 17.4. The molecule has 3 rings (SSSR count). The van der Waals surface area contributed by atoms with Crippen molar-refractivity contribution < 1.29 is 14.3 Å². The number of hydrogen-bond acceptors (Lipinski definition) is 4. The van der Waals surface area contributed by atoms with E-state index in [1.165, 1.54) is 37.8 Å². The number of unbranched alkanes of at least 4 members (excludes halogenated alkanes) is 5. The van der Waals surface area contributed by atoms with Crippen LogP contribution in [0.15, 0.2) is 57.7 Å². The molecule has 0 aliphatic carbocycles. The van der Waals surface area contributed by atoms with Gasteiger partial charge in [-0.1, -0.05) is 71.9 Å². The molecule has 0 aliphatic rings. The molecule has 3 aromatic rings. The number of phenolic OH excluding ortho intramolecular Hbond substituents is 1. The molecule has 148 valence electrons. The maximum absolute atomic E-state index is 12.4. The van der Waals surface area contributed by atoms with Crippen molar-refractivity contribution in [3.05, 3.63) is 58.8 Å². The molecular formula is C23H25BrO4. The fraction of sp³-hybridized carbons (Fsp3) is 0.348. The molecule has 1 N–H and O–H groups in total. The third-order valence-electron chi connectivity index (χ3n) is 4.64. The summed E-state index contributed by atoms with van der Waals surface area (Å²) in [5.41, 5.74) is 0.871. The number of rotatable bonds is 10. The molecule has 0 amide bonds. The Morgan fingerprint density at radius 3 is 2.39 bits per heavy atom. The molecule has 0 atom stereocenters. The van der Waals surface area contributed by atoms with Crippen LogP contribution >= 0.6 is 15.9 Å². The highest BCUT2D eigenvalue weighted by Gasteiger charge is 2.12. The maximum Gasteiger partial charge on any atom is 0.197 e. The summed E-state index contributed by atoms with van der Waals surface area (Å²) < 4.78 is 11.7. The van der Waals surface area contributed by atoms with E-state index in [-0.39, 0.29) is 16.6 Å². The Labute approximate surface area is 173 Å². The molecule has 0 saturated carbocycles. The van der Waals surface area contributed by atoms with E-state index in [1.807, 2.05) is 30.3 Å². The first kappa shape index (κ1) is 20.5. The van der Waals surface area contributed by atoms with E-state index in [0.29, 0.717) is 23.7 Å². The lowest BCUT2D eigenvalue weighted by Crippen LogP contribution is -2.02. The Morgan fingerprint density at radius 2 is 1.64 bits per heavy atom. The van der Waals surface area contributed by atoms with Crippen molar-refractivity contribution in [2.24, 2.45) is 0 Å². The summed E-state index contributed by atoms with van der Waals surface area (Å²) in [4.78, 5) is 12.4. The average Bonchev–Trinajstić information content (AvgIpc) is 2.70. The van der Waals surface area contributed by atoms with E-state index < -0.39 is 0 Å². The van der Waals surface area contributed by atoms with E-state index in [9.17, 15) is 9.90 Å². The molecule has 0 bridgehead atoms. The molecule has 4 nitrogen and oxygen atoms in total. The van der Waals surface area contributed by atoms with Gasteiger partial charge in [-0.05, 0) is 12.8 Å². The summed E-state index contributed by atoms with van der Waals surface area (Å²) in [6.45, 7) is 0.575. The van der Waals surface area contributed by atoms with Crippen LogP contribution in [0.3, 0.4) is 0 Å². The van der Waals surface area contributed by atoms with E-state index in [4.69, 9.17) is 9.15 Å². The number of aromatic hydroxyl groups is 1. The molecule has 0 aliphatic heterocycles. The van der Waals surface area contributed by atoms with Gasteiger partial charge in [0.25, 0.3) is 0 Å². The first-order chi connectivity index (χ1) is 13.7. The van der Waals surface area contributed by atoms with Crippen molar-refractivity contribution >= 4 is 26.9 Å². The molecule has 5 heteroatoms. The summed E-state index contributed by atoms with van der Waals surface area (Å²) in [5.74, 6) is 0.867. The second kappa shape index (κ2) is 10.3. The van der Waals surface area contributed by atoms with Gasteiger partial charge >= 0.3 is 0 Å². The smallest absolute Gasteiger partial charge is 0.197 e. The van der Waals surface area contributed by atoms with Crippen molar-refractivity contribution in [1.82, 2.24) is 0 Å². The van der Waals surface area contributed by atoms with Crippen LogP contribution in [0.1, 0.15) is 38.5 Å². The molecule has 0 radical (unpaired) electrons. The summed E-state index contributed by atoms with van der Waals surface area (Å²) in [7, 11) is 0. The molecule has 0 unspecified atom stereocenters. The molecule has 2 aromatic carbocycles. The highest BCUT2D eigenvalue weighted by Crippen LogP contribution is 2.31. The van der Waals surface area contributed by atoms with Gasteiger partial charge < -0.3 is 14.3 Å². The van der Waals surface area contributed by atoms with Crippen molar-refractivity contribution in [1.29, 1.82) is 0 Å². The van der Waals surface area contributed by atoms with E-state index >= 15 is 0 Å². The van der Waals surface area contributed by atoms with Crippen molar-refractivity contribution in [2.45, 2.75) is 38.5 Å². The highest BCUT2D eigenvalue weighted by molar-refractivity contribution is 9.09. The van der Waals surface area contributed by atoms with Crippen LogP contribution in [0.25, 0.3) is 22.3 Å². The van der Waals surface area contributed by atoms with Gasteiger partial charge in [0, 0.05) is 29.1 Å². The minimum atomic E-state index is -0.271. The van der Waals surface area contributed by atoms with Crippen molar-refractivity contribution in [3.63, 3.8) is 0 Å². The van der Waals surface area contributed by atoms with Gasteiger partial charge in [0.15, 0.2) is 5.43 Å². The van der Waals surface area contributed by atoms with Gasteiger partial charge in [-0.2, -0.15) is 0 Å². The summed E-state index contributed by atoms with van der Waals surface area (Å²) in [6, 6.07) is 14.0. The summed E-state index contributed by atoms with van der Waals surface area (Å²) in [6.07, 6.45) is 7.01. The van der Waals surface area contributed by atoms with Gasteiger partial charge in [-0.15, -0.1) is 0 Å². The first-order valence-electron chi connectivity index (χ1n) is 9.74. The third kappa shape index (κ3) is 5.38. The minimum Gasteiger partial charge on any atom is -0.507 e. The molecule has 1 aromatic heterocycles. The maximum atomic E-state index is 12.4. The van der Waals surface area contributed by atoms with Crippen LogP contribution in [0.4, 0.5) is 0 Å². The summed E-state index contributed by atoms with van der Waals surface area (Å²) >= 11 is 3.45. The highest BCUT2D eigenvalue weighted by atomic mass is 79.9. The Kier molecular flexibility index (Phi) is 7.54. The molecule has 0 spiro atoms. The van der Waals surface area contributed by atoms with Gasteiger partial charge in [-0.3, -0.25) is 4.79 Å². The van der Waals surface area contributed by atoms with E-state index in [2.05, 4.69) is 15.9 Å². The number of ether oxygens (including phenoxy) is 1. The third-order valence-corrected chi connectivity index (χ3v) is 5.20. The molecule has 0 fully saturated rings. The molecule has 28 heavy (non-hydrogen) atoms. The van der Waals surface area contributed by atoms with Gasteiger partial charge in [0.2, 0.25) is 0 Å². The second-order valence-corrected chi connectivity index (χ2v) is 7.61. The minimum absolute atomic E-state index is 0.115. The summed E-state index contributed by atoms with van der Waals surface area (Å²) in [5, 5.41) is 11.5. The van der Waals surface area contributed by atoms with Crippen LogP contribution in [0, 0.1) is 0 Å². The van der Waals surface area contributed by atoms with Crippen LogP contribution in [0.2, 0.25) is 0 Å². The zero-order chi connectivity index (χ0) is 19.8. The predicted octanol–water partition coefficient (Wildman–Crippen LogP) is 6.28. The molecule has 1 heterocycles. The number of hydrogen-bond donors (Lipinski definition) is 1. The Hall–Kier alpha value is -2.27. The lowest BCUT2D eigenvalue weighted by Gasteiger charge is -2.09. The Bertz CT molecular complexity index is 950. The number of alkyl halides is 1. The topological polar surface area (TPSA) is 59.7 Å². The van der Waals surface area contributed by atoms with Gasteiger partial charge in [-0.25, -0.2) is 0 Å². The lowest BCUT2D eigenvalue weighted by atomic mass is 10.1. The number of halogens is 1. The second-order valence-electron chi connectivity index (χ2n) is 6.82. The van der Waals surface area contributed by atoms with Gasteiger partial charge in [0.1, 0.15) is 28.2 Å². The van der Waals surface area contributed by atoms with Gasteiger partial charge in [0.05, 0.1) is 6.61 Å². The average molecular weight is 445 g/mol. The molecule has 0 saturated heterocycles. The molecular weight excluding hydrogens is 420 g/mol. The standard InChI is InChI=1S/C23H25BrO4/c24-12-8-3-1-2-4-9-13-27-18-14-19(25)23-20(26)16-21(28-22(23)15-18)17-10-6-5-7-11-17/h5-7,10-11,14-16,25H,1-4,8-9,12-13H2. The lowest BCUT2D eigenvalue weighted by molar-refractivity contribution is 0.303. The van der Waals surface area contributed by atoms with Crippen LogP contribution in [-0.2, 0) is 0 Å².